The Labute approximate surface area is 152 Å². The van der Waals surface area contributed by atoms with Gasteiger partial charge < -0.3 is 4.74 Å². The van der Waals surface area contributed by atoms with E-state index in [-0.39, 0.29) is 17.5 Å². The molecular weight excluding hydrogens is 339 g/mol. The zero-order valence-electron chi connectivity index (χ0n) is 15.5. The number of nitrogens with zero attached hydrogens (tertiary/aromatic N) is 2. The highest BCUT2D eigenvalue weighted by Gasteiger charge is 2.32. The summed E-state index contributed by atoms with van der Waals surface area (Å²) in [6.45, 7) is 6.82. The molecule has 25 heavy (non-hydrogen) atoms. The second-order valence-electron chi connectivity index (χ2n) is 7.91. The van der Waals surface area contributed by atoms with Gasteiger partial charge in [-0.15, -0.1) is 11.3 Å². The summed E-state index contributed by atoms with van der Waals surface area (Å²) in [4.78, 5) is 19.9. The first-order valence-electron chi connectivity index (χ1n) is 8.95. The first-order valence-corrected chi connectivity index (χ1v) is 9.77. The van der Waals surface area contributed by atoms with Crippen LogP contribution in [-0.2, 0) is 30.5 Å². The summed E-state index contributed by atoms with van der Waals surface area (Å²) < 4.78 is 19.6. The fourth-order valence-electron chi connectivity index (χ4n) is 3.74. The number of fused-ring (bicyclic) bond motifs is 3. The highest BCUT2D eigenvalue weighted by molar-refractivity contribution is 7.18. The average molecular weight is 367 g/mol. The van der Waals surface area contributed by atoms with Gasteiger partial charge in [0.1, 0.15) is 17.3 Å². The van der Waals surface area contributed by atoms with Gasteiger partial charge >= 0.3 is 0 Å². The van der Waals surface area contributed by atoms with Crippen LogP contribution in [0, 0.1) is 11.3 Å². The SMILES string of the molecule is COCCc1nc2sc3c(c2c(=O)n1CCF)CCC(C(C)(C)C)C3. The van der Waals surface area contributed by atoms with E-state index in [4.69, 9.17) is 9.72 Å². The van der Waals surface area contributed by atoms with Gasteiger partial charge in [0.25, 0.3) is 5.56 Å². The number of ether oxygens (including phenoxy) is 1. The van der Waals surface area contributed by atoms with Gasteiger partial charge in [-0.3, -0.25) is 9.36 Å². The number of thiophene rings is 1. The summed E-state index contributed by atoms with van der Waals surface area (Å²) in [7, 11) is 1.62. The van der Waals surface area contributed by atoms with Crippen LogP contribution in [-0.4, -0.2) is 29.9 Å². The summed E-state index contributed by atoms with van der Waals surface area (Å²) in [6.07, 6.45) is 3.54. The average Bonchev–Trinajstić information content (AvgIpc) is 2.92. The predicted molar refractivity (Wildman–Crippen MR) is 100 cm³/mol. The van der Waals surface area contributed by atoms with E-state index in [2.05, 4.69) is 20.8 Å². The Bertz CT molecular complexity index is 819. The third kappa shape index (κ3) is 3.51. The highest BCUT2D eigenvalue weighted by Crippen LogP contribution is 2.42. The van der Waals surface area contributed by atoms with Crippen LogP contribution in [0.15, 0.2) is 4.79 Å². The molecule has 0 saturated heterocycles. The van der Waals surface area contributed by atoms with Gasteiger partial charge in [0.2, 0.25) is 0 Å². The molecule has 0 bridgehead atoms. The number of halogens is 1. The number of aromatic nitrogens is 2. The van der Waals surface area contributed by atoms with Gasteiger partial charge in [-0.2, -0.15) is 0 Å². The largest absolute Gasteiger partial charge is 0.384 e. The van der Waals surface area contributed by atoms with E-state index < -0.39 is 6.67 Å². The zero-order valence-corrected chi connectivity index (χ0v) is 16.3. The highest BCUT2D eigenvalue weighted by atomic mass is 32.1. The summed E-state index contributed by atoms with van der Waals surface area (Å²) in [5.41, 5.74) is 1.34. The maximum absolute atomic E-state index is 13.0. The molecule has 1 atom stereocenters. The first kappa shape index (κ1) is 18.5. The molecule has 4 nitrogen and oxygen atoms in total. The summed E-state index contributed by atoms with van der Waals surface area (Å²) in [5.74, 6) is 1.25. The Morgan fingerprint density at radius 3 is 2.80 bits per heavy atom. The van der Waals surface area contributed by atoms with Crippen LogP contribution in [0.4, 0.5) is 4.39 Å². The van der Waals surface area contributed by atoms with Gasteiger partial charge in [0, 0.05) is 18.4 Å². The second kappa shape index (κ2) is 7.16. The van der Waals surface area contributed by atoms with Gasteiger partial charge in [0.15, 0.2) is 0 Å². The Kier molecular flexibility index (Phi) is 5.30. The predicted octanol–water partition coefficient (Wildman–Crippen LogP) is 3.77. The lowest BCUT2D eigenvalue weighted by Gasteiger charge is -2.33. The molecule has 0 N–H and O–H groups in total. The van der Waals surface area contributed by atoms with Crippen molar-refractivity contribution in [3.8, 4) is 0 Å². The number of methoxy groups -OCH3 is 1. The van der Waals surface area contributed by atoms with Crippen molar-refractivity contribution < 1.29 is 9.13 Å². The number of hydrogen-bond donors (Lipinski definition) is 0. The molecule has 2 aromatic rings. The lowest BCUT2D eigenvalue weighted by molar-refractivity contribution is 0.199. The quantitative estimate of drug-likeness (QED) is 0.809. The van der Waals surface area contributed by atoms with Crippen LogP contribution in [0.5, 0.6) is 0 Å². The molecule has 0 fully saturated rings. The molecule has 0 spiro atoms. The second-order valence-corrected chi connectivity index (χ2v) is 8.99. The standard InChI is InChI=1S/C19H27FN2O2S/c1-19(2,3)12-5-6-13-14(11-12)25-17-16(13)18(23)22(9-8-20)15(21-17)7-10-24-4/h12H,5-11H2,1-4H3. The van der Waals surface area contributed by atoms with Crippen LogP contribution in [0.3, 0.4) is 0 Å². The third-order valence-electron chi connectivity index (χ3n) is 5.31. The van der Waals surface area contributed by atoms with Crippen LogP contribution in [0.2, 0.25) is 0 Å². The van der Waals surface area contributed by atoms with E-state index >= 15 is 0 Å². The van der Waals surface area contributed by atoms with Crippen LogP contribution < -0.4 is 5.56 Å². The molecular formula is C19H27FN2O2S. The van der Waals surface area contributed by atoms with Gasteiger partial charge in [-0.25, -0.2) is 9.37 Å². The maximum Gasteiger partial charge on any atom is 0.262 e. The van der Waals surface area contributed by atoms with E-state index in [1.54, 1.807) is 18.4 Å². The molecule has 2 aromatic heterocycles. The Hall–Kier alpha value is -1.27. The van der Waals surface area contributed by atoms with Crippen LogP contribution in [0.25, 0.3) is 10.2 Å². The summed E-state index contributed by atoms with van der Waals surface area (Å²) >= 11 is 1.65. The smallest absolute Gasteiger partial charge is 0.262 e. The molecule has 0 aliphatic heterocycles. The van der Waals surface area contributed by atoms with Gasteiger partial charge in [-0.1, -0.05) is 20.8 Å². The van der Waals surface area contributed by atoms with Crippen molar-refractivity contribution in [2.45, 2.75) is 53.0 Å². The molecule has 6 heteroatoms. The van der Waals surface area contributed by atoms with Crippen molar-refractivity contribution in [2.24, 2.45) is 11.3 Å². The molecule has 1 unspecified atom stereocenters. The van der Waals surface area contributed by atoms with E-state index in [0.717, 1.165) is 35.0 Å². The molecule has 0 aromatic carbocycles. The minimum absolute atomic E-state index is 0.0655. The van der Waals surface area contributed by atoms with Crippen LogP contribution in [0.1, 0.15) is 43.5 Å². The van der Waals surface area contributed by atoms with Crippen molar-refractivity contribution in [1.82, 2.24) is 9.55 Å². The van der Waals surface area contributed by atoms with Crippen molar-refractivity contribution >= 4 is 21.6 Å². The first-order chi connectivity index (χ1) is 11.9. The van der Waals surface area contributed by atoms with Crippen molar-refractivity contribution in [3.63, 3.8) is 0 Å². The summed E-state index contributed by atoms with van der Waals surface area (Å²) in [6, 6.07) is 0. The number of aryl methyl sites for hydroxylation is 1. The third-order valence-corrected chi connectivity index (χ3v) is 6.46. The maximum atomic E-state index is 13.0. The molecule has 0 radical (unpaired) electrons. The number of alkyl halides is 1. The molecule has 3 rings (SSSR count). The molecule has 1 aliphatic rings. The molecule has 0 amide bonds. The van der Waals surface area contributed by atoms with E-state index in [0.29, 0.717) is 24.8 Å². The molecule has 0 saturated carbocycles. The fourth-order valence-corrected chi connectivity index (χ4v) is 5.05. The van der Waals surface area contributed by atoms with E-state index in [9.17, 15) is 9.18 Å². The lowest BCUT2D eigenvalue weighted by atomic mass is 9.72. The van der Waals surface area contributed by atoms with E-state index in [1.807, 2.05) is 0 Å². The number of rotatable bonds is 5. The lowest BCUT2D eigenvalue weighted by Crippen LogP contribution is -2.28. The Morgan fingerprint density at radius 1 is 1.40 bits per heavy atom. The van der Waals surface area contributed by atoms with Gasteiger partial charge in [0.05, 0.1) is 18.5 Å². The van der Waals surface area contributed by atoms with Crippen LogP contribution >= 0.6 is 11.3 Å². The zero-order chi connectivity index (χ0) is 18.2. The molecule has 138 valence electrons. The minimum atomic E-state index is -0.564. The Morgan fingerprint density at radius 2 is 2.16 bits per heavy atom. The summed E-state index contributed by atoms with van der Waals surface area (Å²) in [5, 5.41) is 0.724. The topological polar surface area (TPSA) is 44.1 Å². The molecule has 1 aliphatic carbocycles. The van der Waals surface area contributed by atoms with Gasteiger partial charge in [-0.05, 0) is 36.2 Å². The van der Waals surface area contributed by atoms with E-state index in [1.165, 1.54) is 9.44 Å². The van der Waals surface area contributed by atoms with Crippen molar-refractivity contribution in [1.29, 1.82) is 0 Å². The number of hydrogen-bond acceptors (Lipinski definition) is 4. The van der Waals surface area contributed by atoms with Crippen molar-refractivity contribution in [3.05, 3.63) is 26.6 Å². The van der Waals surface area contributed by atoms with Crippen molar-refractivity contribution in [2.75, 3.05) is 20.4 Å². The normalized spacial score (nSPS) is 17.9. The Balaban J connectivity index is 2.10. The minimum Gasteiger partial charge on any atom is -0.384 e. The monoisotopic (exact) mass is 366 g/mol. The fraction of sp³-hybridized carbons (Fsp3) is 0.684. The molecule has 2 heterocycles.